The number of hydrogen-bond donors (Lipinski definition) is 1. The van der Waals surface area contributed by atoms with Crippen molar-refractivity contribution in [2.45, 2.75) is 38.6 Å². The minimum Gasteiger partial charge on any atom is -0.354 e. The van der Waals surface area contributed by atoms with Crippen LogP contribution in [0.4, 0.5) is 5.82 Å². The second-order valence-electron chi connectivity index (χ2n) is 4.56. The molecule has 0 bridgehead atoms. The van der Waals surface area contributed by atoms with Crippen molar-refractivity contribution >= 4 is 5.82 Å². The maximum absolute atomic E-state index is 5.68. The molecule has 3 heteroatoms. The van der Waals surface area contributed by atoms with Crippen LogP contribution in [0.15, 0.2) is 18.2 Å². The van der Waals surface area contributed by atoms with Crippen LogP contribution >= 0.6 is 0 Å². The van der Waals surface area contributed by atoms with E-state index in [1.54, 1.807) is 0 Å². The minimum atomic E-state index is 0.591. The number of hydrogen-bond acceptors (Lipinski definition) is 3. The van der Waals surface area contributed by atoms with Crippen LogP contribution in [0.3, 0.4) is 0 Å². The lowest BCUT2D eigenvalue weighted by Crippen LogP contribution is -2.41. The zero-order valence-electron chi connectivity index (χ0n) is 10.0. The predicted octanol–water partition coefficient (Wildman–Crippen LogP) is 2.10. The van der Waals surface area contributed by atoms with E-state index in [1.807, 2.05) is 13.0 Å². The number of nitrogens with two attached hydrogens (primary N) is 1. The molecule has 0 spiro atoms. The van der Waals surface area contributed by atoms with E-state index in [4.69, 9.17) is 5.73 Å². The number of pyridine rings is 1. The molecule has 1 fully saturated rings. The summed E-state index contributed by atoms with van der Waals surface area (Å²) in [6, 6.07) is 6.84. The number of rotatable bonds is 3. The molecule has 1 aromatic heterocycles. The van der Waals surface area contributed by atoms with Crippen molar-refractivity contribution in [3.63, 3.8) is 0 Å². The molecule has 88 valence electrons. The second-order valence-corrected chi connectivity index (χ2v) is 4.56. The molecule has 3 nitrogen and oxygen atoms in total. The van der Waals surface area contributed by atoms with E-state index in [9.17, 15) is 0 Å². The van der Waals surface area contributed by atoms with Gasteiger partial charge in [-0.05, 0) is 51.3 Å². The second kappa shape index (κ2) is 5.30. The average molecular weight is 219 g/mol. The Morgan fingerprint density at radius 3 is 3.06 bits per heavy atom. The first-order valence-electron chi connectivity index (χ1n) is 6.21. The maximum Gasteiger partial charge on any atom is 0.129 e. The van der Waals surface area contributed by atoms with Gasteiger partial charge in [0.25, 0.3) is 0 Å². The Balaban J connectivity index is 2.16. The van der Waals surface area contributed by atoms with E-state index in [0.29, 0.717) is 6.04 Å². The molecule has 1 aromatic rings. The topological polar surface area (TPSA) is 42.1 Å². The summed E-state index contributed by atoms with van der Waals surface area (Å²) in [5.74, 6) is 1.12. The maximum atomic E-state index is 5.68. The van der Waals surface area contributed by atoms with Gasteiger partial charge in [-0.15, -0.1) is 0 Å². The van der Waals surface area contributed by atoms with Gasteiger partial charge in [-0.25, -0.2) is 4.98 Å². The fourth-order valence-electron chi connectivity index (χ4n) is 2.48. The van der Waals surface area contributed by atoms with Gasteiger partial charge in [0.2, 0.25) is 0 Å². The molecule has 1 aliphatic heterocycles. The molecule has 2 N–H and O–H groups in total. The van der Waals surface area contributed by atoms with Crippen LogP contribution in [-0.4, -0.2) is 24.1 Å². The van der Waals surface area contributed by atoms with E-state index in [1.165, 1.54) is 19.3 Å². The number of anilines is 1. The molecule has 0 radical (unpaired) electrons. The van der Waals surface area contributed by atoms with Gasteiger partial charge < -0.3 is 10.6 Å². The van der Waals surface area contributed by atoms with Gasteiger partial charge in [-0.3, -0.25) is 0 Å². The first-order chi connectivity index (χ1) is 7.81. The van der Waals surface area contributed by atoms with Crippen molar-refractivity contribution in [1.82, 2.24) is 4.98 Å². The standard InChI is InChI=1S/C13H21N3/c1-11-5-4-7-13(15-11)16-10-3-2-6-12(16)8-9-14/h4-5,7,12H,2-3,6,8-10,14H2,1H3. The lowest BCUT2D eigenvalue weighted by atomic mass is 9.99. The highest BCUT2D eigenvalue weighted by Crippen LogP contribution is 2.24. The molecule has 16 heavy (non-hydrogen) atoms. The smallest absolute Gasteiger partial charge is 0.129 e. The fraction of sp³-hybridized carbons (Fsp3) is 0.615. The molecular weight excluding hydrogens is 198 g/mol. The van der Waals surface area contributed by atoms with E-state index < -0.39 is 0 Å². The molecule has 1 aliphatic rings. The summed E-state index contributed by atoms with van der Waals surface area (Å²) in [5.41, 5.74) is 6.77. The lowest BCUT2D eigenvalue weighted by Gasteiger charge is -2.36. The lowest BCUT2D eigenvalue weighted by molar-refractivity contribution is 0.438. The van der Waals surface area contributed by atoms with Gasteiger partial charge in [-0.1, -0.05) is 6.07 Å². The zero-order valence-corrected chi connectivity index (χ0v) is 10.0. The molecule has 2 heterocycles. The van der Waals surface area contributed by atoms with Crippen molar-refractivity contribution < 1.29 is 0 Å². The van der Waals surface area contributed by atoms with Gasteiger partial charge >= 0.3 is 0 Å². The van der Waals surface area contributed by atoms with Crippen LogP contribution in [0.5, 0.6) is 0 Å². The summed E-state index contributed by atoms with van der Waals surface area (Å²) in [5, 5.41) is 0. The van der Waals surface area contributed by atoms with Crippen LogP contribution in [0.2, 0.25) is 0 Å². The van der Waals surface area contributed by atoms with Gasteiger partial charge in [0, 0.05) is 18.3 Å². The quantitative estimate of drug-likeness (QED) is 0.846. The van der Waals surface area contributed by atoms with Crippen molar-refractivity contribution in [3.05, 3.63) is 23.9 Å². The van der Waals surface area contributed by atoms with Crippen LogP contribution in [0.1, 0.15) is 31.4 Å². The molecule has 0 aliphatic carbocycles. The Kier molecular flexibility index (Phi) is 3.78. The molecule has 2 rings (SSSR count). The Bertz CT molecular complexity index is 336. The Morgan fingerprint density at radius 1 is 1.44 bits per heavy atom. The Hall–Kier alpha value is -1.09. The molecule has 1 unspecified atom stereocenters. The summed E-state index contributed by atoms with van der Waals surface area (Å²) >= 11 is 0. The molecule has 1 atom stereocenters. The molecule has 1 saturated heterocycles. The van der Waals surface area contributed by atoms with Gasteiger partial charge in [0.15, 0.2) is 0 Å². The molecular formula is C13H21N3. The molecule has 0 aromatic carbocycles. The number of piperidine rings is 1. The number of aromatic nitrogens is 1. The summed E-state index contributed by atoms with van der Waals surface area (Å²) in [6.45, 7) is 3.94. The Labute approximate surface area is 97.7 Å². The van der Waals surface area contributed by atoms with Crippen LogP contribution in [-0.2, 0) is 0 Å². The summed E-state index contributed by atoms with van der Waals surface area (Å²) in [6.07, 6.45) is 4.94. The van der Waals surface area contributed by atoms with Gasteiger partial charge in [0.05, 0.1) is 0 Å². The third kappa shape index (κ3) is 2.53. The van der Waals surface area contributed by atoms with Gasteiger partial charge in [0.1, 0.15) is 5.82 Å². The van der Waals surface area contributed by atoms with Crippen LogP contribution in [0, 0.1) is 6.92 Å². The predicted molar refractivity (Wildman–Crippen MR) is 67.6 cm³/mol. The van der Waals surface area contributed by atoms with E-state index in [2.05, 4.69) is 22.0 Å². The highest BCUT2D eigenvalue weighted by Gasteiger charge is 2.22. The highest BCUT2D eigenvalue weighted by atomic mass is 15.2. The summed E-state index contributed by atoms with van der Waals surface area (Å²) < 4.78 is 0. The zero-order chi connectivity index (χ0) is 11.4. The fourth-order valence-corrected chi connectivity index (χ4v) is 2.48. The van der Waals surface area contributed by atoms with Crippen molar-refractivity contribution in [1.29, 1.82) is 0 Å². The average Bonchev–Trinajstić information content (AvgIpc) is 2.30. The SMILES string of the molecule is Cc1cccc(N2CCCCC2CCN)n1. The third-order valence-electron chi connectivity index (χ3n) is 3.29. The van der Waals surface area contributed by atoms with Crippen molar-refractivity contribution in [2.24, 2.45) is 5.73 Å². The monoisotopic (exact) mass is 219 g/mol. The number of nitrogens with zero attached hydrogens (tertiary/aromatic N) is 2. The first kappa shape index (κ1) is 11.4. The number of aryl methyl sites for hydroxylation is 1. The Morgan fingerprint density at radius 2 is 2.31 bits per heavy atom. The molecule has 0 saturated carbocycles. The van der Waals surface area contributed by atoms with Crippen LogP contribution < -0.4 is 10.6 Å². The van der Waals surface area contributed by atoms with Crippen LogP contribution in [0.25, 0.3) is 0 Å². The summed E-state index contributed by atoms with van der Waals surface area (Å²) in [7, 11) is 0. The third-order valence-corrected chi connectivity index (χ3v) is 3.29. The van der Waals surface area contributed by atoms with Crippen molar-refractivity contribution in [3.8, 4) is 0 Å². The van der Waals surface area contributed by atoms with E-state index in [-0.39, 0.29) is 0 Å². The first-order valence-corrected chi connectivity index (χ1v) is 6.21. The normalized spacial score (nSPS) is 21.1. The van der Waals surface area contributed by atoms with Gasteiger partial charge in [-0.2, -0.15) is 0 Å². The molecule has 0 amide bonds. The largest absolute Gasteiger partial charge is 0.354 e. The van der Waals surface area contributed by atoms with E-state index >= 15 is 0 Å². The van der Waals surface area contributed by atoms with Crippen molar-refractivity contribution in [2.75, 3.05) is 18.0 Å². The summed E-state index contributed by atoms with van der Waals surface area (Å²) in [4.78, 5) is 7.05. The van der Waals surface area contributed by atoms with E-state index in [0.717, 1.165) is 31.0 Å². The highest BCUT2D eigenvalue weighted by molar-refractivity contribution is 5.41. The minimum absolute atomic E-state index is 0.591.